The number of benzene rings is 2. The van der Waals surface area contributed by atoms with Gasteiger partial charge < -0.3 is 14.1 Å². The Labute approximate surface area is 160 Å². The standard InChI is InChI=1S/C20H18N2O4S/c1-13(19(24)22-11-10-14-6-2-4-8-16(14)22)25-18(23)12-27-20-21-15-7-3-5-9-17(15)26-20/h2-9,13H,10-12H2,1H3. The molecule has 4 rings (SSSR count). The SMILES string of the molecule is CC(OC(=O)CSc1nc2ccccc2o1)C(=O)N1CCc2ccccc21. The second kappa shape index (κ2) is 7.44. The number of anilines is 1. The van der Waals surface area contributed by atoms with Gasteiger partial charge in [0.15, 0.2) is 11.7 Å². The smallest absolute Gasteiger partial charge is 0.317 e. The summed E-state index contributed by atoms with van der Waals surface area (Å²) in [5.74, 6) is -0.656. The van der Waals surface area contributed by atoms with E-state index in [0.29, 0.717) is 17.4 Å². The Bertz CT molecular complexity index is 967. The predicted octanol–water partition coefficient (Wildman–Crippen LogP) is 3.44. The van der Waals surface area contributed by atoms with Gasteiger partial charge in [-0.3, -0.25) is 9.59 Å². The number of thioether (sulfide) groups is 1. The number of nitrogens with zero attached hydrogens (tertiary/aromatic N) is 2. The number of rotatable bonds is 5. The van der Waals surface area contributed by atoms with Crippen molar-refractivity contribution < 1.29 is 18.7 Å². The molecular weight excluding hydrogens is 364 g/mol. The summed E-state index contributed by atoms with van der Waals surface area (Å²) in [6.45, 7) is 2.21. The van der Waals surface area contributed by atoms with Gasteiger partial charge in [0.25, 0.3) is 11.1 Å². The molecule has 0 bridgehead atoms. The molecule has 7 heteroatoms. The molecule has 0 saturated carbocycles. The molecule has 0 radical (unpaired) electrons. The number of carbonyl (C=O) groups excluding carboxylic acids is 2. The molecule has 2 aromatic carbocycles. The van der Waals surface area contributed by atoms with Crippen LogP contribution in [0.25, 0.3) is 11.1 Å². The number of carbonyl (C=O) groups is 2. The van der Waals surface area contributed by atoms with Crippen LogP contribution < -0.4 is 4.90 Å². The Morgan fingerprint density at radius 3 is 2.85 bits per heavy atom. The summed E-state index contributed by atoms with van der Waals surface area (Å²) in [5, 5.41) is 0.403. The molecule has 1 atom stereocenters. The van der Waals surface area contributed by atoms with Crippen LogP contribution in [-0.2, 0) is 20.7 Å². The van der Waals surface area contributed by atoms with Crippen molar-refractivity contribution in [3.63, 3.8) is 0 Å². The molecule has 0 aliphatic carbocycles. The van der Waals surface area contributed by atoms with E-state index >= 15 is 0 Å². The molecule has 27 heavy (non-hydrogen) atoms. The second-order valence-electron chi connectivity index (χ2n) is 6.24. The van der Waals surface area contributed by atoms with Crippen LogP contribution in [0.1, 0.15) is 12.5 Å². The summed E-state index contributed by atoms with van der Waals surface area (Å²) in [7, 11) is 0. The molecule has 0 saturated heterocycles. The lowest BCUT2D eigenvalue weighted by Crippen LogP contribution is -2.39. The molecule has 138 valence electrons. The van der Waals surface area contributed by atoms with Gasteiger partial charge in [0.2, 0.25) is 0 Å². The van der Waals surface area contributed by atoms with E-state index < -0.39 is 12.1 Å². The van der Waals surface area contributed by atoms with Gasteiger partial charge in [0.1, 0.15) is 11.3 Å². The van der Waals surface area contributed by atoms with Crippen molar-refractivity contribution in [3.8, 4) is 0 Å². The van der Waals surface area contributed by atoms with Crippen molar-refractivity contribution in [3.05, 3.63) is 54.1 Å². The zero-order valence-electron chi connectivity index (χ0n) is 14.8. The second-order valence-corrected chi connectivity index (χ2v) is 7.16. The molecule has 1 aliphatic rings. The van der Waals surface area contributed by atoms with Crippen molar-refractivity contribution in [1.82, 2.24) is 4.98 Å². The van der Waals surface area contributed by atoms with Crippen LogP contribution in [0.15, 0.2) is 58.2 Å². The van der Waals surface area contributed by atoms with Gasteiger partial charge in [-0.2, -0.15) is 0 Å². The maximum Gasteiger partial charge on any atom is 0.317 e. The lowest BCUT2D eigenvalue weighted by Gasteiger charge is -2.21. The van der Waals surface area contributed by atoms with E-state index in [1.165, 1.54) is 0 Å². The average Bonchev–Trinajstić information content (AvgIpc) is 3.29. The quantitative estimate of drug-likeness (QED) is 0.497. The number of hydrogen-bond donors (Lipinski definition) is 0. The van der Waals surface area contributed by atoms with E-state index in [9.17, 15) is 9.59 Å². The van der Waals surface area contributed by atoms with E-state index in [-0.39, 0.29) is 11.7 Å². The minimum absolute atomic E-state index is 0.0288. The van der Waals surface area contributed by atoms with Crippen molar-refractivity contribution in [2.75, 3.05) is 17.2 Å². The van der Waals surface area contributed by atoms with Crippen LogP contribution in [0.3, 0.4) is 0 Å². The van der Waals surface area contributed by atoms with Gasteiger partial charge in [0.05, 0.1) is 0 Å². The first kappa shape index (κ1) is 17.6. The van der Waals surface area contributed by atoms with Gasteiger partial charge in [-0.1, -0.05) is 42.1 Å². The molecule has 0 spiro atoms. The maximum absolute atomic E-state index is 12.6. The highest BCUT2D eigenvalue weighted by atomic mass is 32.2. The Morgan fingerprint density at radius 2 is 2.00 bits per heavy atom. The van der Waals surface area contributed by atoms with Crippen LogP contribution in [0.5, 0.6) is 0 Å². The van der Waals surface area contributed by atoms with Crippen LogP contribution in [0, 0.1) is 0 Å². The number of esters is 1. The van der Waals surface area contributed by atoms with Crippen molar-refractivity contribution >= 4 is 40.4 Å². The number of oxazole rings is 1. The fourth-order valence-electron chi connectivity index (χ4n) is 3.10. The Balaban J connectivity index is 1.33. The largest absolute Gasteiger partial charge is 0.452 e. The number of para-hydroxylation sites is 3. The Morgan fingerprint density at radius 1 is 1.22 bits per heavy atom. The van der Waals surface area contributed by atoms with Crippen molar-refractivity contribution in [1.29, 1.82) is 0 Å². The van der Waals surface area contributed by atoms with Gasteiger partial charge in [0, 0.05) is 12.2 Å². The molecule has 0 N–H and O–H groups in total. The minimum atomic E-state index is -0.840. The molecule has 1 amide bonds. The third-order valence-electron chi connectivity index (χ3n) is 4.40. The monoisotopic (exact) mass is 382 g/mol. The van der Waals surface area contributed by atoms with Gasteiger partial charge in [-0.15, -0.1) is 0 Å². The number of ether oxygens (including phenoxy) is 1. The molecule has 3 aromatic rings. The number of hydrogen-bond acceptors (Lipinski definition) is 6. The summed E-state index contributed by atoms with van der Waals surface area (Å²) in [5.41, 5.74) is 3.44. The van der Waals surface area contributed by atoms with E-state index in [1.54, 1.807) is 11.8 Å². The average molecular weight is 382 g/mol. The summed E-state index contributed by atoms with van der Waals surface area (Å²) in [6.07, 6.45) is -0.0243. The maximum atomic E-state index is 12.6. The van der Waals surface area contributed by atoms with Crippen molar-refractivity contribution in [2.45, 2.75) is 24.7 Å². The molecule has 1 aromatic heterocycles. The van der Waals surface area contributed by atoms with Gasteiger partial charge >= 0.3 is 5.97 Å². The first-order valence-corrected chi connectivity index (χ1v) is 9.67. The molecule has 2 heterocycles. The minimum Gasteiger partial charge on any atom is -0.452 e. The van der Waals surface area contributed by atoms with Crippen molar-refractivity contribution in [2.24, 2.45) is 0 Å². The fourth-order valence-corrected chi connectivity index (χ4v) is 3.72. The van der Waals surface area contributed by atoms with E-state index in [0.717, 1.165) is 35.0 Å². The summed E-state index contributed by atoms with van der Waals surface area (Å²) in [4.78, 5) is 30.8. The molecular formula is C20H18N2O4S. The highest BCUT2D eigenvalue weighted by Crippen LogP contribution is 2.28. The zero-order valence-corrected chi connectivity index (χ0v) is 15.6. The molecule has 6 nitrogen and oxygen atoms in total. The lowest BCUT2D eigenvalue weighted by atomic mass is 10.2. The van der Waals surface area contributed by atoms with Gasteiger partial charge in [-0.05, 0) is 37.1 Å². The first-order chi connectivity index (χ1) is 13.1. The number of aromatic nitrogens is 1. The van der Waals surface area contributed by atoms with Gasteiger partial charge in [-0.25, -0.2) is 4.98 Å². The lowest BCUT2D eigenvalue weighted by molar-refractivity contribution is -0.151. The highest BCUT2D eigenvalue weighted by Gasteiger charge is 2.29. The Hall–Kier alpha value is -2.80. The molecule has 0 fully saturated rings. The summed E-state index contributed by atoms with van der Waals surface area (Å²) in [6, 6.07) is 15.2. The number of amides is 1. The van der Waals surface area contributed by atoms with E-state index in [1.807, 2.05) is 48.5 Å². The molecule has 1 unspecified atom stereocenters. The van der Waals surface area contributed by atoms with E-state index in [4.69, 9.17) is 9.15 Å². The van der Waals surface area contributed by atoms with E-state index in [2.05, 4.69) is 4.98 Å². The first-order valence-electron chi connectivity index (χ1n) is 8.69. The molecule has 1 aliphatic heterocycles. The topological polar surface area (TPSA) is 72.6 Å². The highest BCUT2D eigenvalue weighted by molar-refractivity contribution is 7.99. The normalized spacial score (nSPS) is 14.2. The summed E-state index contributed by atoms with van der Waals surface area (Å²) < 4.78 is 10.9. The van der Waals surface area contributed by atoms with Crippen LogP contribution in [0.2, 0.25) is 0 Å². The van der Waals surface area contributed by atoms with Crippen LogP contribution in [0.4, 0.5) is 5.69 Å². The number of fused-ring (bicyclic) bond motifs is 2. The third kappa shape index (κ3) is 3.68. The Kier molecular flexibility index (Phi) is 4.85. The van der Waals surface area contributed by atoms with Crippen LogP contribution >= 0.6 is 11.8 Å². The summed E-state index contributed by atoms with van der Waals surface area (Å²) >= 11 is 1.15. The fraction of sp³-hybridized carbons (Fsp3) is 0.250. The van der Waals surface area contributed by atoms with Crippen LogP contribution in [-0.4, -0.2) is 35.3 Å². The predicted molar refractivity (Wildman–Crippen MR) is 103 cm³/mol. The third-order valence-corrected chi connectivity index (χ3v) is 5.20. The zero-order chi connectivity index (χ0) is 18.8.